The minimum absolute atomic E-state index is 0.187. The molecule has 0 atom stereocenters. The Morgan fingerprint density at radius 3 is 2.08 bits per heavy atom. The molecule has 0 aliphatic heterocycles. The fourth-order valence-corrected chi connectivity index (χ4v) is 3.75. The molecule has 0 aliphatic carbocycles. The standard InChI is InChI=1S/C20H27Cl2NOSi/c1-13-14(2)23-19(15-8-17(21)11-18(22)9-15)10-16(13)12-24-25(6,7)20(3,4)5/h8-11H,12H2,1-7H3. The summed E-state index contributed by atoms with van der Waals surface area (Å²) in [7, 11) is -1.81. The van der Waals surface area contributed by atoms with Crippen molar-refractivity contribution in [2.45, 2.75) is 59.4 Å². The Hall–Kier alpha value is -0.873. The van der Waals surface area contributed by atoms with Gasteiger partial charge in [-0.25, -0.2) is 0 Å². The van der Waals surface area contributed by atoms with Gasteiger partial charge in [-0.3, -0.25) is 4.98 Å². The van der Waals surface area contributed by atoms with E-state index in [0.29, 0.717) is 16.7 Å². The number of aryl methyl sites for hydroxylation is 1. The first-order valence-electron chi connectivity index (χ1n) is 8.48. The first kappa shape index (κ1) is 20.4. The molecule has 0 fully saturated rings. The Labute approximate surface area is 162 Å². The normalized spacial score (nSPS) is 12.5. The summed E-state index contributed by atoms with van der Waals surface area (Å²) in [6, 6.07) is 7.61. The largest absolute Gasteiger partial charge is 0.413 e. The molecule has 0 spiro atoms. The molecule has 0 amide bonds. The molecule has 25 heavy (non-hydrogen) atoms. The van der Waals surface area contributed by atoms with Crippen molar-refractivity contribution in [2.24, 2.45) is 0 Å². The third-order valence-corrected chi connectivity index (χ3v) is 10.1. The van der Waals surface area contributed by atoms with Crippen LogP contribution in [-0.4, -0.2) is 13.3 Å². The van der Waals surface area contributed by atoms with E-state index < -0.39 is 8.32 Å². The van der Waals surface area contributed by atoms with Gasteiger partial charge in [0, 0.05) is 21.3 Å². The van der Waals surface area contributed by atoms with Gasteiger partial charge in [-0.2, -0.15) is 0 Å². The number of nitrogens with zero attached hydrogens (tertiary/aromatic N) is 1. The Balaban J connectivity index is 2.38. The number of pyridine rings is 1. The van der Waals surface area contributed by atoms with Crippen LogP contribution in [0.25, 0.3) is 11.3 Å². The lowest BCUT2D eigenvalue weighted by Crippen LogP contribution is -2.40. The van der Waals surface area contributed by atoms with Crippen molar-refractivity contribution in [3.8, 4) is 11.3 Å². The maximum atomic E-state index is 6.41. The van der Waals surface area contributed by atoms with E-state index >= 15 is 0 Å². The molecule has 0 saturated heterocycles. The average molecular weight is 396 g/mol. The van der Waals surface area contributed by atoms with Crippen molar-refractivity contribution in [3.05, 3.63) is 51.1 Å². The highest BCUT2D eigenvalue weighted by atomic mass is 35.5. The van der Waals surface area contributed by atoms with Gasteiger partial charge in [-0.1, -0.05) is 44.0 Å². The van der Waals surface area contributed by atoms with Crippen LogP contribution >= 0.6 is 23.2 Å². The molecule has 5 heteroatoms. The lowest BCUT2D eigenvalue weighted by atomic mass is 10.0. The van der Waals surface area contributed by atoms with Gasteiger partial charge in [0.15, 0.2) is 8.32 Å². The summed E-state index contributed by atoms with van der Waals surface area (Å²) in [4.78, 5) is 4.72. The van der Waals surface area contributed by atoms with E-state index in [-0.39, 0.29) is 5.04 Å². The molecule has 0 N–H and O–H groups in total. The van der Waals surface area contributed by atoms with Gasteiger partial charge in [0.25, 0.3) is 0 Å². The smallest absolute Gasteiger partial charge is 0.192 e. The van der Waals surface area contributed by atoms with Crippen LogP contribution in [-0.2, 0) is 11.0 Å². The predicted molar refractivity (Wildman–Crippen MR) is 111 cm³/mol. The number of hydrogen-bond donors (Lipinski definition) is 0. The summed E-state index contributed by atoms with van der Waals surface area (Å²) in [6.07, 6.45) is 0. The Morgan fingerprint density at radius 1 is 1.00 bits per heavy atom. The summed E-state index contributed by atoms with van der Waals surface area (Å²) in [5, 5.41) is 1.41. The first-order chi connectivity index (χ1) is 11.4. The van der Waals surface area contributed by atoms with Crippen molar-refractivity contribution in [1.29, 1.82) is 0 Å². The van der Waals surface area contributed by atoms with Crippen molar-refractivity contribution < 1.29 is 4.43 Å². The van der Waals surface area contributed by atoms with E-state index in [1.165, 1.54) is 11.1 Å². The number of halogens is 2. The highest BCUT2D eigenvalue weighted by Crippen LogP contribution is 2.37. The van der Waals surface area contributed by atoms with Crippen LogP contribution in [0.5, 0.6) is 0 Å². The molecular formula is C20H27Cl2NOSi. The second-order valence-corrected chi connectivity index (χ2v) is 13.8. The van der Waals surface area contributed by atoms with Gasteiger partial charge >= 0.3 is 0 Å². The van der Waals surface area contributed by atoms with Gasteiger partial charge in [0.1, 0.15) is 0 Å². The van der Waals surface area contributed by atoms with Crippen LogP contribution in [0.4, 0.5) is 0 Å². The quantitative estimate of drug-likeness (QED) is 0.510. The van der Waals surface area contributed by atoms with E-state index in [1.54, 1.807) is 6.07 Å². The van der Waals surface area contributed by atoms with Crippen LogP contribution in [0.1, 0.15) is 37.6 Å². The zero-order valence-corrected chi connectivity index (χ0v) is 18.6. The Morgan fingerprint density at radius 2 is 1.56 bits per heavy atom. The van der Waals surface area contributed by atoms with E-state index in [4.69, 9.17) is 32.6 Å². The average Bonchev–Trinajstić information content (AvgIpc) is 2.46. The minimum Gasteiger partial charge on any atom is -0.413 e. The molecule has 1 aromatic heterocycles. The number of hydrogen-bond acceptors (Lipinski definition) is 2. The number of benzene rings is 1. The zero-order chi connectivity index (χ0) is 19.0. The molecule has 0 bridgehead atoms. The molecule has 0 aliphatic rings. The summed E-state index contributed by atoms with van der Waals surface area (Å²) in [5.41, 5.74) is 5.15. The maximum absolute atomic E-state index is 6.41. The molecule has 2 aromatic rings. The summed E-state index contributed by atoms with van der Waals surface area (Å²) < 4.78 is 6.41. The lowest BCUT2D eigenvalue weighted by molar-refractivity contribution is 0.275. The fourth-order valence-electron chi connectivity index (χ4n) is 2.28. The van der Waals surface area contributed by atoms with Crippen molar-refractivity contribution in [1.82, 2.24) is 4.98 Å². The van der Waals surface area contributed by atoms with Crippen molar-refractivity contribution >= 4 is 31.5 Å². The fraction of sp³-hybridized carbons (Fsp3) is 0.450. The van der Waals surface area contributed by atoms with Gasteiger partial charge in [-0.05, 0) is 67.4 Å². The van der Waals surface area contributed by atoms with Gasteiger partial charge in [0.05, 0.1) is 12.3 Å². The molecule has 0 unspecified atom stereocenters. The maximum Gasteiger partial charge on any atom is 0.192 e. The van der Waals surface area contributed by atoms with Crippen LogP contribution in [0.3, 0.4) is 0 Å². The van der Waals surface area contributed by atoms with Crippen molar-refractivity contribution in [3.63, 3.8) is 0 Å². The van der Waals surface area contributed by atoms with Crippen LogP contribution in [0, 0.1) is 13.8 Å². The van der Waals surface area contributed by atoms with E-state index in [1.807, 2.05) is 19.1 Å². The van der Waals surface area contributed by atoms with Crippen molar-refractivity contribution in [2.75, 3.05) is 0 Å². The highest BCUT2D eigenvalue weighted by Gasteiger charge is 2.37. The van der Waals surface area contributed by atoms with Gasteiger partial charge in [-0.15, -0.1) is 0 Å². The summed E-state index contributed by atoms with van der Waals surface area (Å²) in [5.74, 6) is 0. The lowest BCUT2D eigenvalue weighted by Gasteiger charge is -2.36. The molecular weight excluding hydrogens is 369 g/mol. The SMILES string of the molecule is Cc1nc(-c2cc(Cl)cc(Cl)c2)cc(CO[Si](C)(C)C(C)(C)C)c1C. The number of rotatable bonds is 4. The molecule has 2 rings (SSSR count). The molecule has 2 nitrogen and oxygen atoms in total. The van der Waals surface area contributed by atoms with Crippen LogP contribution in [0.2, 0.25) is 28.2 Å². The topological polar surface area (TPSA) is 22.1 Å². The highest BCUT2D eigenvalue weighted by molar-refractivity contribution is 6.74. The van der Waals surface area contributed by atoms with Crippen LogP contribution in [0.15, 0.2) is 24.3 Å². The van der Waals surface area contributed by atoms with E-state index in [2.05, 4.69) is 46.9 Å². The first-order valence-corrected chi connectivity index (χ1v) is 12.1. The van der Waals surface area contributed by atoms with Gasteiger partial charge in [0.2, 0.25) is 0 Å². The Kier molecular flexibility index (Phi) is 6.05. The third kappa shape index (κ3) is 4.85. The molecule has 0 radical (unpaired) electrons. The molecule has 136 valence electrons. The van der Waals surface area contributed by atoms with Gasteiger partial charge < -0.3 is 4.43 Å². The second kappa shape index (κ2) is 7.40. The monoisotopic (exact) mass is 395 g/mol. The zero-order valence-electron chi connectivity index (χ0n) is 16.1. The summed E-state index contributed by atoms with van der Waals surface area (Å²) >= 11 is 12.3. The number of aromatic nitrogens is 1. The van der Waals surface area contributed by atoms with E-state index in [0.717, 1.165) is 17.0 Å². The molecule has 1 aromatic carbocycles. The second-order valence-electron chi connectivity index (χ2n) is 8.08. The molecule has 1 heterocycles. The predicted octanol–water partition coefficient (Wildman–Crippen LogP) is 7.19. The van der Waals surface area contributed by atoms with E-state index in [9.17, 15) is 0 Å². The summed E-state index contributed by atoms with van der Waals surface area (Å²) in [6.45, 7) is 16.0. The van der Waals surface area contributed by atoms with Crippen LogP contribution < -0.4 is 0 Å². The Bertz CT molecular complexity index is 762. The minimum atomic E-state index is -1.81. The third-order valence-electron chi connectivity index (χ3n) is 5.18. The molecule has 0 saturated carbocycles.